The summed E-state index contributed by atoms with van der Waals surface area (Å²) < 4.78 is 10.2. The van der Waals surface area contributed by atoms with Gasteiger partial charge in [0.1, 0.15) is 0 Å². The van der Waals surface area contributed by atoms with Crippen LogP contribution in [0.3, 0.4) is 0 Å². The van der Waals surface area contributed by atoms with Crippen molar-refractivity contribution in [3.63, 3.8) is 0 Å². The van der Waals surface area contributed by atoms with Crippen molar-refractivity contribution >= 4 is 47.4 Å². The topological polar surface area (TPSA) is 77.8 Å². The molecule has 0 atom stereocenters. The summed E-state index contributed by atoms with van der Waals surface area (Å²) in [6.45, 7) is 0. The van der Waals surface area contributed by atoms with Gasteiger partial charge < -0.3 is 14.7 Å². The van der Waals surface area contributed by atoms with E-state index in [1.807, 2.05) is 0 Å². The third-order valence-corrected chi connectivity index (χ3v) is 1.46. The number of phosphoric acid groups is 1. The third kappa shape index (κ3) is 57.4. The van der Waals surface area contributed by atoms with Gasteiger partial charge in [-0.15, -0.1) is 0 Å². The Kier molecular flexibility index (Phi) is 11.9. The van der Waals surface area contributed by atoms with Crippen LogP contribution in [-0.2, 0) is 4.57 Å². The molecule has 0 bridgehead atoms. The normalized spacial score (nSPS) is 10.2. The minimum absolute atomic E-state index is 0.851. The molecule has 4 nitrogen and oxygen atoms in total. The summed E-state index contributed by atoms with van der Waals surface area (Å²) in [4.78, 5) is 21.6. The second-order valence-corrected chi connectivity index (χ2v) is 3.96. The predicted octanol–water partition coefficient (Wildman–Crippen LogP) is 0.273. The molecule has 0 aliphatic heterocycles. The molecule has 0 aromatic carbocycles. The van der Waals surface area contributed by atoms with Gasteiger partial charge in [-0.05, 0) is 0 Å². The predicted molar refractivity (Wildman–Crippen MR) is 40.2 cm³/mol. The summed E-state index contributed by atoms with van der Waals surface area (Å²) in [5, 5.41) is 0. The molecular weight excluding hydrogens is 189 g/mol. The molecular formula is C3H9ClNaO4P. The van der Waals surface area contributed by atoms with Gasteiger partial charge in [-0.25, -0.2) is 4.57 Å². The Morgan fingerprint density at radius 2 is 1.70 bits per heavy atom. The maximum absolute atomic E-state index is 8.88. The van der Waals surface area contributed by atoms with E-state index in [4.69, 9.17) is 30.8 Å². The van der Waals surface area contributed by atoms with Crippen LogP contribution in [0.4, 0.5) is 0 Å². The molecule has 0 aromatic heterocycles. The maximum atomic E-state index is 8.88. The molecule has 0 aromatic rings. The third-order valence-electron chi connectivity index (χ3n) is 0.487. The van der Waals surface area contributed by atoms with Gasteiger partial charge in [0.2, 0.25) is 0 Å². The molecule has 58 valence electrons. The van der Waals surface area contributed by atoms with Gasteiger partial charge in [-0.3, -0.25) is 0 Å². The molecule has 0 saturated heterocycles. The molecule has 0 saturated carbocycles. The van der Waals surface area contributed by atoms with Crippen molar-refractivity contribution < 1.29 is 19.2 Å². The van der Waals surface area contributed by atoms with Crippen LogP contribution >= 0.6 is 19.4 Å². The average molecular weight is 199 g/mol. The van der Waals surface area contributed by atoms with Crippen molar-refractivity contribution in [1.82, 2.24) is 0 Å². The average Bonchev–Trinajstić information content (AvgIpc) is 1.63. The summed E-state index contributed by atoms with van der Waals surface area (Å²) >= 11 is 6.64. The van der Waals surface area contributed by atoms with Crippen molar-refractivity contribution in [2.75, 3.05) is 5.88 Å². The SMILES string of the molecule is O=P(O)(O)O.[Na][CH2]CCCl. The standard InChI is InChI=1S/C3H6Cl.Na.H3O4P/c1-2-3-4;;1-5(2,3)4/h1-3H2;;(H3,1,2,3,4). The molecule has 0 aliphatic carbocycles. The van der Waals surface area contributed by atoms with Crippen LogP contribution < -0.4 is 0 Å². The Morgan fingerprint density at radius 3 is 1.70 bits per heavy atom. The zero-order chi connectivity index (χ0) is 8.62. The van der Waals surface area contributed by atoms with Crippen LogP contribution in [0.15, 0.2) is 0 Å². The quantitative estimate of drug-likeness (QED) is 0.338. The fraction of sp³-hybridized carbons (Fsp3) is 1.00. The molecule has 3 N–H and O–H groups in total. The zero-order valence-corrected chi connectivity index (χ0v) is 9.35. The molecule has 0 heterocycles. The molecule has 0 radical (unpaired) electrons. The van der Waals surface area contributed by atoms with Gasteiger partial charge in [0.15, 0.2) is 0 Å². The van der Waals surface area contributed by atoms with Crippen LogP contribution in [0.5, 0.6) is 0 Å². The van der Waals surface area contributed by atoms with E-state index in [1.54, 1.807) is 0 Å². The summed E-state index contributed by atoms with van der Waals surface area (Å²) in [6.07, 6.45) is 1.22. The molecule has 7 heteroatoms. The Morgan fingerprint density at radius 1 is 1.40 bits per heavy atom. The first-order chi connectivity index (χ1) is 4.41. The summed E-state index contributed by atoms with van der Waals surface area (Å²) in [5.74, 6) is 0.851. The summed E-state index contributed by atoms with van der Waals surface area (Å²) in [5.41, 5.74) is 0. The Bertz CT molecular complexity index is 94.4. The first-order valence-corrected chi connectivity index (χ1v) is 6.27. The van der Waals surface area contributed by atoms with Gasteiger partial charge in [-0.2, -0.15) is 0 Å². The van der Waals surface area contributed by atoms with Gasteiger partial charge >= 0.3 is 63.3 Å². The molecule has 0 aliphatic rings. The number of halogens is 1. The Balaban J connectivity index is 0. The van der Waals surface area contributed by atoms with E-state index in [9.17, 15) is 0 Å². The fourth-order valence-electron chi connectivity index (χ4n) is 0.134. The van der Waals surface area contributed by atoms with Crippen molar-refractivity contribution in [2.24, 2.45) is 0 Å². The van der Waals surface area contributed by atoms with Crippen LogP contribution in [0.25, 0.3) is 0 Å². The number of hydrogen-bond donors (Lipinski definition) is 3. The van der Waals surface area contributed by atoms with Crippen LogP contribution in [0.2, 0.25) is 3.67 Å². The zero-order valence-electron chi connectivity index (χ0n) is 5.70. The molecule has 10 heavy (non-hydrogen) atoms. The van der Waals surface area contributed by atoms with E-state index in [-0.39, 0.29) is 0 Å². The first kappa shape index (κ1) is 14.0. The van der Waals surface area contributed by atoms with Crippen molar-refractivity contribution in [3.8, 4) is 0 Å². The van der Waals surface area contributed by atoms with E-state index in [2.05, 4.69) is 0 Å². The van der Waals surface area contributed by atoms with Crippen molar-refractivity contribution in [2.45, 2.75) is 10.1 Å². The van der Waals surface area contributed by atoms with E-state index in [1.165, 1.54) is 38.0 Å². The first-order valence-electron chi connectivity index (χ1n) is 2.76. The van der Waals surface area contributed by atoms with Crippen LogP contribution in [0, 0.1) is 0 Å². The molecule has 0 spiro atoms. The summed E-state index contributed by atoms with van der Waals surface area (Å²) in [6, 6.07) is 0. The van der Waals surface area contributed by atoms with Crippen LogP contribution in [0.1, 0.15) is 6.42 Å². The van der Waals surface area contributed by atoms with Gasteiger partial charge in [0.25, 0.3) is 0 Å². The van der Waals surface area contributed by atoms with E-state index in [0.717, 1.165) is 5.88 Å². The van der Waals surface area contributed by atoms with E-state index in [0.29, 0.717) is 0 Å². The summed E-state index contributed by atoms with van der Waals surface area (Å²) in [7, 11) is -4.64. The molecule has 0 fully saturated rings. The second kappa shape index (κ2) is 8.50. The number of hydrogen-bond acceptors (Lipinski definition) is 1. The van der Waals surface area contributed by atoms with Gasteiger partial charge in [-0.1, -0.05) is 0 Å². The molecule has 0 unspecified atom stereocenters. The molecule has 0 rings (SSSR count). The fourth-order valence-corrected chi connectivity index (χ4v) is 1.20. The monoisotopic (exact) mass is 198 g/mol. The van der Waals surface area contributed by atoms with Gasteiger partial charge in [0, 0.05) is 0 Å². The van der Waals surface area contributed by atoms with E-state index < -0.39 is 7.82 Å². The molecule has 0 amide bonds. The minimum atomic E-state index is -4.64. The second-order valence-electron chi connectivity index (χ2n) is 1.56. The van der Waals surface area contributed by atoms with Gasteiger partial charge in [0.05, 0.1) is 0 Å². The Labute approximate surface area is 82.2 Å². The van der Waals surface area contributed by atoms with Crippen molar-refractivity contribution in [3.05, 3.63) is 0 Å². The van der Waals surface area contributed by atoms with Crippen LogP contribution in [-0.4, -0.2) is 48.5 Å². The number of rotatable bonds is 2. The van der Waals surface area contributed by atoms with Crippen molar-refractivity contribution in [1.29, 1.82) is 0 Å². The number of alkyl halides is 1. The van der Waals surface area contributed by atoms with E-state index >= 15 is 0 Å². The Hall–Kier alpha value is 1.40.